The van der Waals surface area contributed by atoms with Crippen molar-refractivity contribution < 1.29 is 5.11 Å². The molecule has 1 N–H and O–H groups in total. The Morgan fingerprint density at radius 1 is 1.29 bits per heavy atom. The quantitative estimate of drug-likeness (QED) is 0.888. The van der Waals surface area contributed by atoms with Gasteiger partial charge in [-0.05, 0) is 50.2 Å². The smallest absolute Gasteiger partial charge is 0.154 e. The van der Waals surface area contributed by atoms with Crippen LogP contribution in [0.3, 0.4) is 0 Å². The molecule has 5 nitrogen and oxygen atoms in total. The van der Waals surface area contributed by atoms with E-state index in [1.54, 1.807) is 0 Å². The Kier molecular flexibility index (Phi) is 4.40. The molecule has 5 heteroatoms. The lowest BCUT2D eigenvalue weighted by atomic mass is 10.1. The highest BCUT2D eigenvalue weighted by Gasteiger charge is 2.32. The first-order valence-corrected chi connectivity index (χ1v) is 8.07. The SMILES string of the molecule is Cc1cnnc(N2CCN(CC3CC3)C(CCO)C2)c1C. The van der Waals surface area contributed by atoms with Gasteiger partial charge in [-0.15, -0.1) is 5.10 Å². The van der Waals surface area contributed by atoms with Gasteiger partial charge in [0.15, 0.2) is 5.82 Å². The molecule has 0 aromatic carbocycles. The fourth-order valence-corrected chi connectivity index (χ4v) is 3.20. The molecule has 1 aromatic heterocycles. The molecule has 2 fully saturated rings. The maximum atomic E-state index is 9.37. The van der Waals surface area contributed by atoms with Gasteiger partial charge in [0.1, 0.15) is 0 Å². The van der Waals surface area contributed by atoms with Gasteiger partial charge in [0.05, 0.1) is 6.20 Å². The Morgan fingerprint density at radius 2 is 2.10 bits per heavy atom. The Balaban J connectivity index is 1.72. The van der Waals surface area contributed by atoms with Crippen LogP contribution in [-0.2, 0) is 0 Å². The Hall–Kier alpha value is -1.20. The average molecular weight is 290 g/mol. The van der Waals surface area contributed by atoms with E-state index in [1.807, 2.05) is 6.20 Å². The minimum Gasteiger partial charge on any atom is -0.396 e. The number of piperazine rings is 1. The molecular formula is C16H26N4O. The summed E-state index contributed by atoms with van der Waals surface area (Å²) in [6.07, 6.45) is 5.44. The molecular weight excluding hydrogens is 264 g/mol. The summed E-state index contributed by atoms with van der Waals surface area (Å²) in [5.74, 6) is 1.92. The maximum Gasteiger partial charge on any atom is 0.154 e. The van der Waals surface area contributed by atoms with Gasteiger partial charge >= 0.3 is 0 Å². The van der Waals surface area contributed by atoms with Crippen LogP contribution in [0.1, 0.15) is 30.4 Å². The van der Waals surface area contributed by atoms with E-state index in [0.717, 1.165) is 37.8 Å². The molecule has 1 aliphatic heterocycles. The number of aliphatic hydroxyl groups excluding tert-OH is 1. The van der Waals surface area contributed by atoms with Gasteiger partial charge in [0.25, 0.3) is 0 Å². The summed E-state index contributed by atoms with van der Waals surface area (Å²) in [7, 11) is 0. The molecule has 0 amide bonds. The van der Waals surface area contributed by atoms with Crippen LogP contribution in [0.4, 0.5) is 5.82 Å². The second-order valence-corrected chi connectivity index (χ2v) is 6.53. The second kappa shape index (κ2) is 6.28. The minimum atomic E-state index is 0.262. The first-order valence-electron chi connectivity index (χ1n) is 8.07. The van der Waals surface area contributed by atoms with E-state index in [0.29, 0.717) is 6.04 Å². The summed E-state index contributed by atoms with van der Waals surface area (Å²) in [5.41, 5.74) is 2.42. The predicted molar refractivity (Wildman–Crippen MR) is 83.5 cm³/mol. The van der Waals surface area contributed by atoms with E-state index in [9.17, 15) is 5.11 Å². The first-order chi connectivity index (χ1) is 10.2. The van der Waals surface area contributed by atoms with Gasteiger partial charge in [0, 0.05) is 38.8 Å². The van der Waals surface area contributed by atoms with Crippen LogP contribution in [-0.4, -0.2) is 59.0 Å². The van der Waals surface area contributed by atoms with E-state index in [2.05, 4.69) is 33.8 Å². The molecule has 1 aliphatic carbocycles. The lowest BCUT2D eigenvalue weighted by molar-refractivity contribution is 0.136. The lowest BCUT2D eigenvalue weighted by Gasteiger charge is -2.42. The largest absolute Gasteiger partial charge is 0.396 e. The Morgan fingerprint density at radius 3 is 2.81 bits per heavy atom. The number of hydrogen-bond donors (Lipinski definition) is 1. The normalized spacial score (nSPS) is 23.6. The monoisotopic (exact) mass is 290 g/mol. The van der Waals surface area contributed by atoms with Crippen molar-refractivity contribution in [3.63, 3.8) is 0 Å². The molecule has 0 spiro atoms. The van der Waals surface area contributed by atoms with Crippen LogP contribution >= 0.6 is 0 Å². The number of rotatable bonds is 5. The van der Waals surface area contributed by atoms with Gasteiger partial charge in [-0.25, -0.2) is 0 Å². The highest BCUT2D eigenvalue weighted by Crippen LogP contribution is 2.32. The maximum absolute atomic E-state index is 9.37. The van der Waals surface area contributed by atoms with E-state index in [4.69, 9.17) is 0 Å². The van der Waals surface area contributed by atoms with Gasteiger partial charge in [0.2, 0.25) is 0 Å². The number of aryl methyl sites for hydroxylation is 1. The summed E-state index contributed by atoms with van der Waals surface area (Å²) in [5, 5.41) is 17.8. The van der Waals surface area contributed by atoms with E-state index in [-0.39, 0.29) is 6.61 Å². The number of hydrogen-bond acceptors (Lipinski definition) is 5. The van der Waals surface area contributed by atoms with Gasteiger partial charge in [-0.3, -0.25) is 4.90 Å². The molecule has 116 valence electrons. The number of nitrogens with zero attached hydrogens (tertiary/aromatic N) is 4. The van der Waals surface area contributed by atoms with Crippen molar-refractivity contribution in [1.29, 1.82) is 0 Å². The van der Waals surface area contributed by atoms with Gasteiger partial charge < -0.3 is 10.0 Å². The minimum absolute atomic E-state index is 0.262. The van der Waals surface area contributed by atoms with Gasteiger partial charge in [-0.1, -0.05) is 0 Å². The predicted octanol–water partition coefficient (Wildman–Crippen LogP) is 1.38. The number of aromatic nitrogens is 2. The third-order valence-electron chi connectivity index (χ3n) is 4.89. The molecule has 2 heterocycles. The average Bonchev–Trinajstić information content (AvgIpc) is 3.28. The summed E-state index contributed by atoms with van der Waals surface area (Å²) < 4.78 is 0. The van der Waals surface area contributed by atoms with Crippen molar-refractivity contribution in [2.45, 2.75) is 39.2 Å². The van der Waals surface area contributed by atoms with Crippen LogP contribution in [0.2, 0.25) is 0 Å². The Labute approximate surface area is 127 Å². The molecule has 1 unspecified atom stereocenters. The van der Waals surface area contributed by atoms with Crippen molar-refractivity contribution in [3.05, 3.63) is 17.3 Å². The lowest BCUT2D eigenvalue weighted by Crippen LogP contribution is -2.54. The van der Waals surface area contributed by atoms with Crippen LogP contribution < -0.4 is 4.90 Å². The molecule has 1 atom stereocenters. The van der Waals surface area contributed by atoms with Crippen molar-refractivity contribution >= 4 is 5.82 Å². The van der Waals surface area contributed by atoms with Crippen molar-refractivity contribution in [2.24, 2.45) is 5.92 Å². The molecule has 3 rings (SSSR count). The van der Waals surface area contributed by atoms with Crippen molar-refractivity contribution in [2.75, 3.05) is 37.7 Å². The van der Waals surface area contributed by atoms with Crippen molar-refractivity contribution in [1.82, 2.24) is 15.1 Å². The first kappa shape index (κ1) is 14.7. The standard InChI is InChI=1S/C16H26N4O/c1-12-9-17-18-16(13(12)2)20-7-6-19(10-14-3-4-14)15(11-20)5-8-21/h9,14-15,21H,3-8,10-11H2,1-2H3. The summed E-state index contributed by atoms with van der Waals surface area (Å²) >= 11 is 0. The molecule has 1 aromatic rings. The van der Waals surface area contributed by atoms with Crippen molar-refractivity contribution in [3.8, 4) is 0 Å². The third-order valence-corrected chi connectivity index (χ3v) is 4.89. The number of aliphatic hydroxyl groups is 1. The topological polar surface area (TPSA) is 52.5 Å². The molecule has 0 bridgehead atoms. The fourth-order valence-electron chi connectivity index (χ4n) is 3.20. The zero-order valence-electron chi connectivity index (χ0n) is 13.1. The van der Waals surface area contributed by atoms with Crippen LogP contribution in [0.5, 0.6) is 0 Å². The summed E-state index contributed by atoms with van der Waals surface area (Å²) in [6, 6.07) is 0.436. The molecule has 1 saturated carbocycles. The molecule has 21 heavy (non-hydrogen) atoms. The van der Waals surface area contributed by atoms with E-state index < -0.39 is 0 Å². The summed E-state index contributed by atoms with van der Waals surface area (Å²) in [6.45, 7) is 8.70. The summed E-state index contributed by atoms with van der Waals surface area (Å²) in [4.78, 5) is 4.92. The van der Waals surface area contributed by atoms with Crippen LogP contribution in [0, 0.1) is 19.8 Å². The second-order valence-electron chi connectivity index (χ2n) is 6.53. The molecule has 2 aliphatic rings. The Bertz CT molecular complexity index is 489. The van der Waals surface area contributed by atoms with Crippen LogP contribution in [0.25, 0.3) is 0 Å². The third kappa shape index (κ3) is 3.35. The highest BCUT2D eigenvalue weighted by molar-refractivity contribution is 5.48. The van der Waals surface area contributed by atoms with Crippen LogP contribution in [0.15, 0.2) is 6.20 Å². The highest BCUT2D eigenvalue weighted by atomic mass is 16.3. The van der Waals surface area contributed by atoms with E-state index in [1.165, 1.54) is 30.5 Å². The number of anilines is 1. The zero-order chi connectivity index (χ0) is 14.8. The molecule has 1 saturated heterocycles. The van der Waals surface area contributed by atoms with E-state index >= 15 is 0 Å². The molecule has 0 radical (unpaired) electrons. The fraction of sp³-hybridized carbons (Fsp3) is 0.750. The van der Waals surface area contributed by atoms with Gasteiger partial charge in [-0.2, -0.15) is 5.10 Å². The zero-order valence-corrected chi connectivity index (χ0v) is 13.1.